The lowest BCUT2D eigenvalue weighted by molar-refractivity contribution is -0.141. The highest BCUT2D eigenvalue weighted by atomic mass is 32.2. The molecule has 1 aromatic heterocycles. The highest BCUT2D eigenvalue weighted by Crippen LogP contribution is 2.33. The Balaban J connectivity index is 2.12. The molecule has 0 bridgehead atoms. The van der Waals surface area contributed by atoms with Crippen LogP contribution in [0, 0.1) is 0 Å². The Morgan fingerprint density at radius 2 is 1.64 bits per heavy atom. The van der Waals surface area contributed by atoms with Crippen molar-refractivity contribution >= 4 is 21.9 Å². The van der Waals surface area contributed by atoms with Crippen LogP contribution in [0.1, 0.15) is 5.69 Å². The number of benzene rings is 2. The summed E-state index contributed by atoms with van der Waals surface area (Å²) in [6, 6.07) is 12.5. The number of alkyl halides is 3. The summed E-state index contributed by atoms with van der Waals surface area (Å²) in [5.74, 6) is 0. The maximum Gasteiger partial charge on any atom is 0.435 e. The fourth-order valence-corrected chi connectivity index (χ4v) is 3.19. The monoisotopic (exact) mass is 409 g/mol. The van der Waals surface area contributed by atoms with Gasteiger partial charge in [-0.3, -0.25) is 4.79 Å². The number of hydrogen-bond acceptors (Lipinski definition) is 4. The number of carbonyl (C=O) groups is 1. The largest absolute Gasteiger partial charge is 0.435 e. The van der Waals surface area contributed by atoms with E-state index in [9.17, 15) is 26.4 Å². The maximum atomic E-state index is 13.2. The molecule has 146 valence electrons. The second-order valence-corrected chi connectivity index (χ2v) is 7.95. The van der Waals surface area contributed by atoms with Gasteiger partial charge in [0.15, 0.2) is 15.5 Å². The zero-order valence-corrected chi connectivity index (χ0v) is 15.3. The molecule has 6 nitrogen and oxygen atoms in total. The first kappa shape index (κ1) is 19.6. The molecule has 2 aromatic carbocycles. The predicted molar refractivity (Wildman–Crippen MR) is 96.8 cm³/mol. The first-order valence-corrected chi connectivity index (χ1v) is 9.77. The van der Waals surface area contributed by atoms with Gasteiger partial charge in [0.25, 0.3) is 0 Å². The van der Waals surface area contributed by atoms with Gasteiger partial charge in [0.1, 0.15) is 0 Å². The number of anilines is 1. The third-order valence-corrected chi connectivity index (χ3v) is 5.04. The third kappa shape index (κ3) is 4.06. The molecular weight excluding hydrogens is 395 g/mol. The number of halogens is 3. The third-order valence-electron chi connectivity index (χ3n) is 3.92. The molecule has 0 spiro atoms. The zero-order valence-electron chi connectivity index (χ0n) is 14.4. The topological polar surface area (TPSA) is 81.1 Å². The van der Waals surface area contributed by atoms with Crippen LogP contribution >= 0.6 is 0 Å². The molecule has 0 aliphatic carbocycles. The van der Waals surface area contributed by atoms with Gasteiger partial charge in [0.2, 0.25) is 6.41 Å². The van der Waals surface area contributed by atoms with Gasteiger partial charge in [-0.15, -0.1) is 0 Å². The summed E-state index contributed by atoms with van der Waals surface area (Å²) < 4.78 is 63.9. The van der Waals surface area contributed by atoms with Gasteiger partial charge in [0.05, 0.1) is 16.3 Å². The fourth-order valence-electron chi connectivity index (χ4n) is 2.56. The van der Waals surface area contributed by atoms with E-state index in [2.05, 4.69) is 10.4 Å². The predicted octanol–water partition coefficient (Wildman–Crippen LogP) is 3.53. The summed E-state index contributed by atoms with van der Waals surface area (Å²) in [6.45, 7) is 0. The van der Waals surface area contributed by atoms with Crippen LogP contribution in [0.3, 0.4) is 0 Å². The molecule has 1 heterocycles. The second-order valence-electron chi connectivity index (χ2n) is 5.93. The molecule has 1 N–H and O–H groups in total. The van der Waals surface area contributed by atoms with Crippen molar-refractivity contribution in [3.05, 3.63) is 60.3 Å². The number of rotatable bonds is 5. The van der Waals surface area contributed by atoms with Crippen molar-refractivity contribution in [2.24, 2.45) is 0 Å². The van der Waals surface area contributed by atoms with E-state index in [1.807, 2.05) is 0 Å². The number of carbonyl (C=O) groups excluding carboxylic acids is 1. The molecule has 28 heavy (non-hydrogen) atoms. The van der Waals surface area contributed by atoms with Gasteiger partial charge in [-0.05, 0) is 42.5 Å². The van der Waals surface area contributed by atoms with Gasteiger partial charge in [-0.1, -0.05) is 12.1 Å². The summed E-state index contributed by atoms with van der Waals surface area (Å²) in [4.78, 5) is 10.5. The van der Waals surface area contributed by atoms with Gasteiger partial charge >= 0.3 is 6.18 Å². The lowest BCUT2D eigenvalue weighted by Crippen LogP contribution is -2.07. The molecule has 0 radical (unpaired) electrons. The minimum absolute atomic E-state index is 0.0580. The van der Waals surface area contributed by atoms with E-state index in [0.717, 1.165) is 17.0 Å². The van der Waals surface area contributed by atoms with E-state index in [1.165, 1.54) is 48.5 Å². The maximum absolute atomic E-state index is 13.2. The van der Waals surface area contributed by atoms with Crippen molar-refractivity contribution in [1.82, 2.24) is 9.78 Å². The molecule has 0 saturated carbocycles. The molecule has 3 aromatic rings. The molecule has 1 amide bonds. The molecule has 0 aliphatic heterocycles. The minimum atomic E-state index is -4.65. The number of aromatic nitrogens is 2. The quantitative estimate of drug-likeness (QED) is 0.654. The van der Waals surface area contributed by atoms with Gasteiger partial charge < -0.3 is 5.32 Å². The Morgan fingerprint density at radius 1 is 1.04 bits per heavy atom. The lowest BCUT2D eigenvalue weighted by Gasteiger charge is -2.09. The molecular formula is C18H14F3N3O3S. The van der Waals surface area contributed by atoms with Crippen molar-refractivity contribution in [1.29, 1.82) is 0 Å². The molecule has 3 rings (SSSR count). The van der Waals surface area contributed by atoms with Crippen LogP contribution in [0.5, 0.6) is 0 Å². The first-order chi connectivity index (χ1) is 13.1. The number of sulfone groups is 1. The van der Waals surface area contributed by atoms with Crippen LogP contribution < -0.4 is 5.32 Å². The molecule has 0 unspecified atom stereocenters. The Labute approximate surface area is 158 Å². The first-order valence-electron chi connectivity index (χ1n) is 7.88. The van der Waals surface area contributed by atoms with Gasteiger partial charge in [0, 0.05) is 17.5 Å². The Kier molecular flexibility index (Phi) is 4.99. The van der Waals surface area contributed by atoms with E-state index in [1.54, 1.807) is 0 Å². The van der Waals surface area contributed by atoms with Crippen molar-refractivity contribution in [3.63, 3.8) is 0 Å². The van der Waals surface area contributed by atoms with Crippen molar-refractivity contribution in [2.75, 3.05) is 11.6 Å². The molecule has 0 atom stereocenters. The summed E-state index contributed by atoms with van der Waals surface area (Å²) in [5, 5.41) is 6.09. The van der Waals surface area contributed by atoms with Crippen molar-refractivity contribution < 1.29 is 26.4 Å². The molecule has 10 heteroatoms. The van der Waals surface area contributed by atoms with E-state index in [0.29, 0.717) is 23.3 Å². The number of hydrogen-bond donors (Lipinski definition) is 1. The van der Waals surface area contributed by atoms with Crippen LogP contribution in [0.25, 0.3) is 16.9 Å². The Morgan fingerprint density at radius 3 is 2.14 bits per heavy atom. The number of amides is 1. The van der Waals surface area contributed by atoms with Crippen molar-refractivity contribution in [2.45, 2.75) is 11.1 Å². The van der Waals surface area contributed by atoms with Crippen LogP contribution in [0.15, 0.2) is 59.5 Å². The normalized spacial score (nSPS) is 12.0. The van der Waals surface area contributed by atoms with Gasteiger partial charge in [-0.25, -0.2) is 13.1 Å². The average Bonchev–Trinajstić information content (AvgIpc) is 3.08. The highest BCUT2D eigenvalue weighted by Gasteiger charge is 2.35. The second kappa shape index (κ2) is 7.12. The SMILES string of the molecule is CS(=O)(=O)c1ccc(-c2cc(C(F)(F)F)nn2-c2ccc(NC=O)cc2)cc1. The average molecular weight is 409 g/mol. The van der Waals surface area contributed by atoms with E-state index in [4.69, 9.17) is 0 Å². The summed E-state index contributed by atoms with van der Waals surface area (Å²) in [6.07, 6.45) is -3.12. The Hall–Kier alpha value is -3.14. The lowest BCUT2D eigenvalue weighted by atomic mass is 10.1. The van der Waals surface area contributed by atoms with E-state index < -0.39 is 21.7 Å². The van der Waals surface area contributed by atoms with E-state index >= 15 is 0 Å². The smallest absolute Gasteiger partial charge is 0.329 e. The van der Waals surface area contributed by atoms with Crippen LogP contribution in [-0.4, -0.2) is 30.9 Å². The highest BCUT2D eigenvalue weighted by molar-refractivity contribution is 7.90. The summed E-state index contributed by atoms with van der Waals surface area (Å²) in [7, 11) is -3.43. The van der Waals surface area contributed by atoms with Gasteiger partial charge in [-0.2, -0.15) is 18.3 Å². The summed E-state index contributed by atoms with van der Waals surface area (Å²) in [5.41, 5.74) is 0.244. The standard InChI is InChI=1S/C18H14F3N3O3S/c1-28(26,27)15-8-2-12(3-9-15)16-10-17(18(19,20)21)23-24(16)14-6-4-13(5-7-14)22-11-25/h2-11H,1H3,(H,22,25). The van der Waals surface area contributed by atoms with Crippen molar-refractivity contribution in [3.8, 4) is 16.9 Å². The summed E-state index contributed by atoms with van der Waals surface area (Å²) >= 11 is 0. The Bertz CT molecular complexity index is 1100. The molecule has 0 saturated heterocycles. The van der Waals surface area contributed by atoms with E-state index in [-0.39, 0.29) is 10.6 Å². The minimum Gasteiger partial charge on any atom is -0.329 e. The molecule has 0 fully saturated rings. The van der Waals surface area contributed by atoms with Crippen LogP contribution in [0.4, 0.5) is 18.9 Å². The fraction of sp³-hybridized carbons (Fsp3) is 0.111. The zero-order chi connectivity index (χ0) is 20.5. The number of nitrogens with zero attached hydrogens (tertiary/aromatic N) is 2. The van der Waals surface area contributed by atoms with Crippen LogP contribution in [0.2, 0.25) is 0 Å². The molecule has 0 aliphatic rings. The number of nitrogens with one attached hydrogen (secondary N) is 1. The van der Waals surface area contributed by atoms with Crippen LogP contribution in [-0.2, 0) is 20.8 Å².